The highest BCUT2D eigenvalue weighted by Crippen LogP contribution is 2.33. The van der Waals surface area contributed by atoms with Crippen molar-refractivity contribution in [2.45, 2.75) is 38.9 Å². The monoisotopic (exact) mass is 485 g/mol. The number of rotatable bonds is 6. The Balaban J connectivity index is 1.31. The lowest BCUT2D eigenvalue weighted by Gasteiger charge is -2.28. The van der Waals surface area contributed by atoms with E-state index in [-0.39, 0.29) is 11.8 Å². The van der Waals surface area contributed by atoms with E-state index in [4.69, 9.17) is 5.10 Å². The molecule has 3 heterocycles. The molecule has 1 aliphatic heterocycles. The number of thiazole rings is 1. The summed E-state index contributed by atoms with van der Waals surface area (Å²) in [5.41, 5.74) is 5.80. The molecule has 35 heavy (non-hydrogen) atoms. The molecule has 2 aromatic carbocycles. The van der Waals surface area contributed by atoms with Crippen LogP contribution >= 0.6 is 11.3 Å². The zero-order valence-corrected chi connectivity index (χ0v) is 20.5. The van der Waals surface area contributed by atoms with Gasteiger partial charge >= 0.3 is 0 Å². The predicted octanol–water partition coefficient (Wildman–Crippen LogP) is 4.37. The molecular weight excluding hydrogens is 458 g/mol. The summed E-state index contributed by atoms with van der Waals surface area (Å²) in [7, 11) is 1.79. The highest BCUT2D eigenvalue weighted by atomic mass is 32.1. The third kappa shape index (κ3) is 4.23. The number of aromatic nitrogens is 3. The summed E-state index contributed by atoms with van der Waals surface area (Å²) in [6, 6.07) is 13.8. The zero-order valence-electron chi connectivity index (χ0n) is 19.7. The van der Waals surface area contributed by atoms with Gasteiger partial charge < -0.3 is 9.80 Å². The normalized spacial score (nSPS) is 15.3. The molecule has 4 aromatic rings. The highest BCUT2D eigenvalue weighted by Gasteiger charge is 2.33. The van der Waals surface area contributed by atoms with Crippen LogP contribution in [0.3, 0.4) is 0 Å². The maximum Gasteiger partial charge on any atom is 0.274 e. The molecule has 178 valence electrons. The van der Waals surface area contributed by atoms with Crippen molar-refractivity contribution in [3.63, 3.8) is 0 Å². The largest absolute Gasteiger partial charge is 0.334 e. The molecule has 0 radical (unpaired) electrons. The Labute approximate surface area is 208 Å². The number of hydrogen-bond acceptors (Lipinski definition) is 5. The smallest absolute Gasteiger partial charge is 0.274 e. The first-order chi connectivity index (χ1) is 17.1. The molecule has 1 aliphatic carbocycles. The number of carbonyl (C=O) groups is 2. The Kier molecular flexibility index (Phi) is 5.60. The van der Waals surface area contributed by atoms with Crippen molar-refractivity contribution in [3.8, 4) is 0 Å². The van der Waals surface area contributed by atoms with E-state index >= 15 is 0 Å². The van der Waals surface area contributed by atoms with Crippen LogP contribution in [0.5, 0.6) is 0 Å². The summed E-state index contributed by atoms with van der Waals surface area (Å²) in [5.74, 6) is 0.518. The van der Waals surface area contributed by atoms with Gasteiger partial charge in [0.1, 0.15) is 0 Å². The number of fused-ring (bicyclic) bond motifs is 2. The Bertz CT molecular complexity index is 1400. The molecule has 7 nitrogen and oxygen atoms in total. The number of nitrogens with zero attached hydrogens (tertiary/aromatic N) is 5. The van der Waals surface area contributed by atoms with Crippen LogP contribution in [0.4, 0.5) is 0 Å². The van der Waals surface area contributed by atoms with E-state index in [1.54, 1.807) is 17.5 Å². The fourth-order valence-corrected chi connectivity index (χ4v) is 5.47. The number of benzene rings is 2. The molecule has 8 heteroatoms. The van der Waals surface area contributed by atoms with Crippen LogP contribution in [0, 0.1) is 5.92 Å². The minimum Gasteiger partial charge on any atom is -0.334 e. The Morgan fingerprint density at radius 3 is 2.77 bits per heavy atom. The SMILES string of the molecule is CN(Cc1cscn1)C(=O)c1nn(CC2CC2)c2c1CN(C(=O)c1cccc3ccccc13)CC2. The third-order valence-electron chi connectivity index (χ3n) is 7.00. The zero-order chi connectivity index (χ0) is 23.9. The summed E-state index contributed by atoms with van der Waals surface area (Å²) >= 11 is 1.52. The van der Waals surface area contributed by atoms with Crippen molar-refractivity contribution in [1.82, 2.24) is 24.6 Å². The maximum atomic E-state index is 13.6. The second-order valence-electron chi connectivity index (χ2n) is 9.54. The number of amides is 2. The van der Waals surface area contributed by atoms with Gasteiger partial charge in [-0.25, -0.2) is 4.98 Å². The molecule has 1 fully saturated rings. The predicted molar refractivity (Wildman–Crippen MR) is 135 cm³/mol. The van der Waals surface area contributed by atoms with Crippen molar-refractivity contribution in [2.24, 2.45) is 5.92 Å². The van der Waals surface area contributed by atoms with E-state index in [1.165, 1.54) is 24.2 Å². The molecule has 2 amide bonds. The van der Waals surface area contributed by atoms with Gasteiger partial charge in [-0.05, 0) is 35.6 Å². The van der Waals surface area contributed by atoms with E-state index in [1.807, 2.05) is 57.4 Å². The van der Waals surface area contributed by atoms with E-state index in [0.29, 0.717) is 43.2 Å². The standard InChI is InChI=1S/C27H27N5O2S/c1-30(14-20-16-35-17-28-20)27(34)25-23-15-31(12-11-24(23)32(29-25)13-18-9-10-18)26(33)22-8-4-6-19-5-2-3-7-21(19)22/h2-8,16-18H,9-15H2,1H3. The van der Waals surface area contributed by atoms with E-state index in [2.05, 4.69) is 4.98 Å². The van der Waals surface area contributed by atoms with Gasteiger partial charge in [0.05, 0.1) is 24.3 Å². The van der Waals surface area contributed by atoms with Crippen LogP contribution in [-0.2, 0) is 26.1 Å². The molecule has 2 aromatic heterocycles. The first kappa shape index (κ1) is 22.0. The van der Waals surface area contributed by atoms with Crippen LogP contribution in [0.2, 0.25) is 0 Å². The molecule has 0 bridgehead atoms. The fraction of sp³-hybridized carbons (Fsp3) is 0.333. The molecule has 6 rings (SSSR count). The minimum atomic E-state index is -0.122. The van der Waals surface area contributed by atoms with Crippen LogP contribution in [0.25, 0.3) is 10.8 Å². The van der Waals surface area contributed by atoms with Gasteiger partial charge in [-0.15, -0.1) is 11.3 Å². The quantitative estimate of drug-likeness (QED) is 0.407. The van der Waals surface area contributed by atoms with Crippen LogP contribution in [0.1, 0.15) is 50.6 Å². The fourth-order valence-electron chi connectivity index (χ4n) is 4.93. The average molecular weight is 486 g/mol. The number of hydrogen-bond donors (Lipinski definition) is 0. The minimum absolute atomic E-state index is 0.00313. The maximum absolute atomic E-state index is 13.6. The van der Waals surface area contributed by atoms with Gasteiger partial charge in [0.2, 0.25) is 0 Å². The highest BCUT2D eigenvalue weighted by molar-refractivity contribution is 7.07. The molecule has 0 saturated heterocycles. The first-order valence-electron chi connectivity index (χ1n) is 12.1. The summed E-state index contributed by atoms with van der Waals surface area (Å²) in [6.45, 7) is 2.30. The second kappa shape index (κ2) is 8.92. The lowest BCUT2D eigenvalue weighted by Crippen LogP contribution is -2.37. The topological polar surface area (TPSA) is 71.3 Å². The van der Waals surface area contributed by atoms with Crippen molar-refractivity contribution in [3.05, 3.63) is 81.6 Å². The van der Waals surface area contributed by atoms with Crippen molar-refractivity contribution < 1.29 is 9.59 Å². The van der Waals surface area contributed by atoms with Crippen molar-refractivity contribution in [2.75, 3.05) is 13.6 Å². The van der Waals surface area contributed by atoms with Gasteiger partial charge in [0, 0.05) is 48.8 Å². The van der Waals surface area contributed by atoms with E-state index in [0.717, 1.165) is 34.3 Å². The van der Waals surface area contributed by atoms with E-state index < -0.39 is 0 Å². The Hall–Kier alpha value is -3.52. The molecule has 1 saturated carbocycles. The molecular formula is C27H27N5O2S. The van der Waals surface area contributed by atoms with Crippen molar-refractivity contribution in [1.29, 1.82) is 0 Å². The lowest BCUT2D eigenvalue weighted by molar-refractivity contribution is 0.0722. The van der Waals surface area contributed by atoms with Gasteiger partial charge in [0.15, 0.2) is 5.69 Å². The first-order valence-corrected chi connectivity index (χ1v) is 13.0. The van der Waals surface area contributed by atoms with Crippen LogP contribution < -0.4 is 0 Å². The van der Waals surface area contributed by atoms with Crippen LogP contribution in [-0.4, -0.2) is 50.0 Å². The Morgan fingerprint density at radius 1 is 1.14 bits per heavy atom. The van der Waals surface area contributed by atoms with Gasteiger partial charge in [-0.2, -0.15) is 5.10 Å². The summed E-state index contributed by atoms with van der Waals surface area (Å²) < 4.78 is 2.04. The average Bonchev–Trinajstić information content (AvgIpc) is 3.42. The third-order valence-corrected chi connectivity index (χ3v) is 7.64. The van der Waals surface area contributed by atoms with E-state index in [9.17, 15) is 9.59 Å². The lowest BCUT2D eigenvalue weighted by atomic mass is 10.0. The molecule has 0 N–H and O–H groups in total. The molecule has 0 unspecified atom stereocenters. The van der Waals surface area contributed by atoms with Crippen molar-refractivity contribution >= 4 is 33.9 Å². The molecule has 2 aliphatic rings. The Morgan fingerprint density at radius 2 is 1.97 bits per heavy atom. The van der Waals surface area contributed by atoms with Gasteiger partial charge in [-0.1, -0.05) is 36.4 Å². The second-order valence-corrected chi connectivity index (χ2v) is 10.3. The summed E-state index contributed by atoms with van der Waals surface area (Å²) in [5, 5.41) is 8.76. The molecule has 0 atom stereocenters. The molecule has 0 spiro atoms. The summed E-state index contributed by atoms with van der Waals surface area (Å²) in [4.78, 5) is 35.0. The number of carbonyl (C=O) groups excluding carboxylic acids is 2. The summed E-state index contributed by atoms with van der Waals surface area (Å²) in [6.07, 6.45) is 3.13. The van der Waals surface area contributed by atoms with Gasteiger partial charge in [0.25, 0.3) is 11.8 Å². The van der Waals surface area contributed by atoms with Crippen LogP contribution in [0.15, 0.2) is 53.4 Å². The van der Waals surface area contributed by atoms with Gasteiger partial charge in [-0.3, -0.25) is 14.3 Å².